The molecule has 0 saturated carbocycles. The number of carboxylic acid groups (broad SMARTS) is 1. The lowest BCUT2D eigenvalue weighted by atomic mass is 10.1. The number of benzene rings is 2. The largest absolute Gasteiger partial charge is 0.478 e. The number of carbonyl (C=O) groups is 2. The van der Waals surface area contributed by atoms with Crippen molar-refractivity contribution in [2.45, 2.75) is 6.92 Å². The number of hydrogen-bond acceptors (Lipinski definition) is 2. The van der Waals surface area contributed by atoms with Crippen LogP contribution in [0.4, 0.5) is 5.69 Å². The second-order valence-corrected chi connectivity index (χ2v) is 5.18. The van der Waals surface area contributed by atoms with E-state index in [1.165, 1.54) is 24.3 Å². The summed E-state index contributed by atoms with van der Waals surface area (Å²) < 4.78 is 0. The number of rotatable bonds is 3. The predicted octanol–water partition coefficient (Wildman–Crippen LogP) is 4.25. The van der Waals surface area contributed by atoms with Gasteiger partial charge in [-0.3, -0.25) is 4.79 Å². The Balaban J connectivity index is 2.33. The molecule has 6 heteroatoms. The number of amides is 1. The van der Waals surface area contributed by atoms with Crippen molar-refractivity contribution < 1.29 is 14.7 Å². The molecule has 0 aliphatic rings. The van der Waals surface area contributed by atoms with Gasteiger partial charge >= 0.3 is 5.97 Å². The summed E-state index contributed by atoms with van der Waals surface area (Å²) >= 11 is 12.1. The number of anilines is 1. The Morgan fingerprint density at radius 3 is 2.43 bits per heavy atom. The van der Waals surface area contributed by atoms with Gasteiger partial charge in [-0.25, -0.2) is 4.79 Å². The number of aromatic carboxylic acids is 1. The molecule has 0 aliphatic heterocycles. The standard InChI is InChI=1S/C15H11Cl2NO3/c1-8-5-6-11(16)13(12(8)17)18-14(19)9-3-2-4-10(7-9)15(20)21/h2-7H,1H3,(H,18,19)(H,20,21). The fourth-order valence-electron chi connectivity index (χ4n) is 1.75. The van der Waals surface area contributed by atoms with Gasteiger partial charge in [-0.2, -0.15) is 0 Å². The average Bonchev–Trinajstić information content (AvgIpc) is 2.47. The Hall–Kier alpha value is -2.04. The smallest absolute Gasteiger partial charge is 0.335 e. The van der Waals surface area contributed by atoms with Crippen molar-refractivity contribution in [2.75, 3.05) is 5.32 Å². The Labute approximate surface area is 131 Å². The van der Waals surface area contributed by atoms with Gasteiger partial charge in [0.1, 0.15) is 0 Å². The summed E-state index contributed by atoms with van der Waals surface area (Å²) in [4.78, 5) is 23.1. The molecule has 4 nitrogen and oxygen atoms in total. The van der Waals surface area contributed by atoms with Crippen molar-refractivity contribution in [3.63, 3.8) is 0 Å². The number of halogens is 2. The molecule has 1 amide bonds. The second-order valence-electron chi connectivity index (χ2n) is 4.39. The molecule has 0 heterocycles. The number of hydrogen-bond donors (Lipinski definition) is 2. The molecule has 108 valence electrons. The molecule has 0 saturated heterocycles. The fourth-order valence-corrected chi connectivity index (χ4v) is 2.22. The summed E-state index contributed by atoms with van der Waals surface area (Å²) in [7, 11) is 0. The molecule has 2 aromatic carbocycles. The summed E-state index contributed by atoms with van der Waals surface area (Å²) in [6, 6.07) is 9.08. The topological polar surface area (TPSA) is 66.4 Å². The molecule has 0 unspecified atom stereocenters. The second kappa shape index (κ2) is 6.16. The van der Waals surface area contributed by atoms with E-state index in [0.717, 1.165) is 5.56 Å². The van der Waals surface area contributed by atoms with E-state index in [9.17, 15) is 9.59 Å². The summed E-state index contributed by atoms with van der Waals surface area (Å²) in [5, 5.41) is 12.2. The Morgan fingerprint density at radius 2 is 1.76 bits per heavy atom. The molecule has 0 radical (unpaired) electrons. The third kappa shape index (κ3) is 3.35. The average molecular weight is 324 g/mol. The van der Waals surface area contributed by atoms with Crippen LogP contribution in [0.1, 0.15) is 26.3 Å². The van der Waals surface area contributed by atoms with E-state index in [1.807, 2.05) is 0 Å². The van der Waals surface area contributed by atoms with Gasteiger partial charge in [0.25, 0.3) is 5.91 Å². The normalized spacial score (nSPS) is 10.2. The Bertz CT molecular complexity index is 729. The first kappa shape index (κ1) is 15.4. The molecular formula is C15H11Cl2NO3. The van der Waals surface area contributed by atoms with Crippen LogP contribution in [0.15, 0.2) is 36.4 Å². The molecule has 2 N–H and O–H groups in total. The maximum atomic E-state index is 12.2. The first-order chi connectivity index (χ1) is 9.90. The van der Waals surface area contributed by atoms with E-state index in [0.29, 0.717) is 15.7 Å². The zero-order chi connectivity index (χ0) is 15.6. The monoisotopic (exact) mass is 323 g/mol. The van der Waals surface area contributed by atoms with Gasteiger partial charge in [-0.05, 0) is 36.8 Å². The van der Waals surface area contributed by atoms with Gasteiger partial charge in [0.15, 0.2) is 0 Å². The first-order valence-electron chi connectivity index (χ1n) is 5.99. The van der Waals surface area contributed by atoms with Crippen LogP contribution >= 0.6 is 23.2 Å². The highest BCUT2D eigenvalue weighted by Gasteiger charge is 2.14. The fraction of sp³-hybridized carbons (Fsp3) is 0.0667. The lowest BCUT2D eigenvalue weighted by Gasteiger charge is -2.11. The minimum Gasteiger partial charge on any atom is -0.478 e. The van der Waals surface area contributed by atoms with Crippen LogP contribution in [0.2, 0.25) is 10.0 Å². The molecule has 0 fully saturated rings. The molecule has 0 aromatic heterocycles. The van der Waals surface area contributed by atoms with E-state index in [4.69, 9.17) is 28.3 Å². The van der Waals surface area contributed by atoms with E-state index in [2.05, 4.69) is 5.32 Å². The highest BCUT2D eigenvalue weighted by atomic mass is 35.5. The quantitative estimate of drug-likeness (QED) is 0.887. The van der Waals surface area contributed by atoms with Gasteiger partial charge in [0.05, 0.1) is 21.3 Å². The van der Waals surface area contributed by atoms with Gasteiger partial charge < -0.3 is 10.4 Å². The van der Waals surface area contributed by atoms with Crippen LogP contribution in [0, 0.1) is 6.92 Å². The van der Waals surface area contributed by atoms with Gasteiger partial charge in [0, 0.05) is 5.56 Å². The third-order valence-corrected chi connectivity index (χ3v) is 3.70. The molecule has 0 aliphatic carbocycles. The highest BCUT2D eigenvalue weighted by Crippen LogP contribution is 2.33. The van der Waals surface area contributed by atoms with Crippen LogP contribution in [0.5, 0.6) is 0 Å². The van der Waals surface area contributed by atoms with E-state index in [-0.39, 0.29) is 11.1 Å². The van der Waals surface area contributed by atoms with Crippen LogP contribution < -0.4 is 5.32 Å². The zero-order valence-corrected chi connectivity index (χ0v) is 12.5. The maximum Gasteiger partial charge on any atom is 0.335 e. The molecular weight excluding hydrogens is 313 g/mol. The Morgan fingerprint density at radius 1 is 1.10 bits per heavy atom. The molecule has 2 rings (SSSR count). The van der Waals surface area contributed by atoms with Crippen molar-refractivity contribution in [1.82, 2.24) is 0 Å². The van der Waals surface area contributed by atoms with Crippen molar-refractivity contribution >= 4 is 40.8 Å². The third-order valence-electron chi connectivity index (χ3n) is 2.89. The first-order valence-corrected chi connectivity index (χ1v) is 6.75. The van der Waals surface area contributed by atoms with Crippen LogP contribution in [-0.4, -0.2) is 17.0 Å². The summed E-state index contributed by atoms with van der Waals surface area (Å²) in [5.41, 5.74) is 1.33. The molecule has 2 aromatic rings. The summed E-state index contributed by atoms with van der Waals surface area (Å²) in [5.74, 6) is -1.58. The summed E-state index contributed by atoms with van der Waals surface area (Å²) in [6.45, 7) is 1.79. The van der Waals surface area contributed by atoms with Crippen molar-refractivity contribution in [3.05, 3.63) is 63.1 Å². The minimum atomic E-state index is -1.10. The van der Waals surface area contributed by atoms with Gasteiger partial charge in [0.2, 0.25) is 0 Å². The number of aryl methyl sites for hydroxylation is 1. The van der Waals surface area contributed by atoms with Crippen molar-refractivity contribution in [2.24, 2.45) is 0 Å². The highest BCUT2D eigenvalue weighted by molar-refractivity contribution is 6.40. The van der Waals surface area contributed by atoms with E-state index in [1.54, 1.807) is 19.1 Å². The zero-order valence-electron chi connectivity index (χ0n) is 11.0. The molecule has 21 heavy (non-hydrogen) atoms. The van der Waals surface area contributed by atoms with E-state index < -0.39 is 11.9 Å². The predicted molar refractivity (Wildman–Crippen MR) is 82.6 cm³/mol. The van der Waals surface area contributed by atoms with Crippen molar-refractivity contribution in [1.29, 1.82) is 0 Å². The van der Waals surface area contributed by atoms with Gasteiger partial charge in [-0.1, -0.05) is 35.3 Å². The van der Waals surface area contributed by atoms with Crippen LogP contribution in [0.25, 0.3) is 0 Å². The number of carboxylic acids is 1. The van der Waals surface area contributed by atoms with Crippen LogP contribution in [-0.2, 0) is 0 Å². The molecule has 0 bridgehead atoms. The SMILES string of the molecule is Cc1ccc(Cl)c(NC(=O)c2cccc(C(=O)O)c2)c1Cl. The van der Waals surface area contributed by atoms with Gasteiger partial charge in [-0.15, -0.1) is 0 Å². The lowest BCUT2D eigenvalue weighted by Crippen LogP contribution is -2.13. The van der Waals surface area contributed by atoms with Crippen molar-refractivity contribution in [3.8, 4) is 0 Å². The number of nitrogens with one attached hydrogen (secondary N) is 1. The Kier molecular flexibility index (Phi) is 4.50. The lowest BCUT2D eigenvalue weighted by molar-refractivity contribution is 0.0697. The molecule has 0 spiro atoms. The number of carbonyl (C=O) groups excluding carboxylic acids is 1. The van der Waals surface area contributed by atoms with Crippen LogP contribution in [0.3, 0.4) is 0 Å². The minimum absolute atomic E-state index is 0.0316. The molecule has 0 atom stereocenters. The maximum absolute atomic E-state index is 12.2. The van der Waals surface area contributed by atoms with E-state index >= 15 is 0 Å². The summed E-state index contributed by atoms with van der Waals surface area (Å²) in [6.07, 6.45) is 0.